The van der Waals surface area contributed by atoms with Crippen LogP contribution in [0.1, 0.15) is 24.0 Å². The highest BCUT2D eigenvalue weighted by Crippen LogP contribution is 2.30. The molecule has 1 saturated heterocycles. The molecule has 0 aromatic heterocycles. The van der Waals surface area contributed by atoms with Crippen LogP contribution in [0.3, 0.4) is 0 Å². The molecule has 1 fully saturated rings. The summed E-state index contributed by atoms with van der Waals surface area (Å²) in [5, 5.41) is 3.06. The number of hydrogen-bond acceptors (Lipinski definition) is 4. The molecule has 2 aliphatic rings. The molecule has 28 heavy (non-hydrogen) atoms. The van der Waals surface area contributed by atoms with Gasteiger partial charge in [-0.3, -0.25) is 9.69 Å². The van der Waals surface area contributed by atoms with E-state index in [1.807, 2.05) is 24.3 Å². The Hall–Kier alpha value is -2.53. The molecule has 148 valence electrons. The predicted octanol–water partition coefficient (Wildman–Crippen LogP) is 3.16. The Morgan fingerprint density at radius 2 is 1.89 bits per heavy atom. The zero-order chi connectivity index (χ0) is 19.3. The zero-order valence-electron chi connectivity index (χ0n) is 16.4. The number of carbonyl (C=O) groups excluding carboxylic acids is 1. The Bertz CT molecular complexity index is 815. The first kappa shape index (κ1) is 18.8. The molecule has 2 aromatic carbocycles. The minimum absolute atomic E-state index is 0.0885. The number of piperidine rings is 1. The van der Waals surface area contributed by atoms with Crippen molar-refractivity contribution in [2.75, 3.05) is 26.2 Å². The molecule has 5 heteroatoms. The lowest BCUT2D eigenvalue weighted by atomic mass is 9.95. The SMILES string of the molecule is Cc1cccc(CN2CCC(C(=O)NCC3COc4ccccc4O3)CC2)c1. The maximum absolute atomic E-state index is 12.6. The first-order chi connectivity index (χ1) is 13.7. The number of likely N-dealkylation sites (tertiary alicyclic amines) is 1. The lowest BCUT2D eigenvalue weighted by Crippen LogP contribution is -2.45. The quantitative estimate of drug-likeness (QED) is 0.866. The molecule has 0 aliphatic carbocycles. The second-order valence-electron chi connectivity index (χ2n) is 7.78. The van der Waals surface area contributed by atoms with Crippen molar-refractivity contribution in [1.82, 2.24) is 10.2 Å². The van der Waals surface area contributed by atoms with E-state index in [1.165, 1.54) is 11.1 Å². The molecule has 1 unspecified atom stereocenters. The zero-order valence-corrected chi connectivity index (χ0v) is 16.4. The van der Waals surface area contributed by atoms with Gasteiger partial charge >= 0.3 is 0 Å². The standard InChI is InChI=1S/C23H28N2O3/c1-17-5-4-6-18(13-17)15-25-11-9-19(10-12-25)23(26)24-14-20-16-27-21-7-2-3-8-22(21)28-20/h2-8,13,19-20H,9-12,14-16H2,1H3,(H,24,26). The van der Waals surface area contributed by atoms with Gasteiger partial charge in [0.1, 0.15) is 12.7 Å². The fourth-order valence-electron chi connectivity index (χ4n) is 3.94. The minimum atomic E-state index is -0.139. The highest BCUT2D eigenvalue weighted by molar-refractivity contribution is 5.78. The monoisotopic (exact) mass is 380 g/mol. The van der Waals surface area contributed by atoms with Crippen LogP contribution in [0, 0.1) is 12.8 Å². The van der Waals surface area contributed by atoms with Gasteiger partial charge in [0, 0.05) is 12.5 Å². The van der Waals surface area contributed by atoms with E-state index in [-0.39, 0.29) is 17.9 Å². The first-order valence-corrected chi connectivity index (χ1v) is 10.1. The topological polar surface area (TPSA) is 50.8 Å². The van der Waals surface area contributed by atoms with Crippen molar-refractivity contribution in [2.24, 2.45) is 5.92 Å². The molecule has 2 aliphatic heterocycles. The normalized spacial score (nSPS) is 20.0. The number of rotatable bonds is 5. The lowest BCUT2D eigenvalue weighted by molar-refractivity contribution is -0.127. The van der Waals surface area contributed by atoms with Gasteiger partial charge in [-0.15, -0.1) is 0 Å². The van der Waals surface area contributed by atoms with Crippen molar-refractivity contribution in [3.8, 4) is 11.5 Å². The van der Waals surface area contributed by atoms with Crippen molar-refractivity contribution >= 4 is 5.91 Å². The van der Waals surface area contributed by atoms with Gasteiger partial charge in [-0.25, -0.2) is 0 Å². The highest BCUT2D eigenvalue weighted by Gasteiger charge is 2.27. The first-order valence-electron chi connectivity index (χ1n) is 10.1. The van der Waals surface area contributed by atoms with E-state index in [1.54, 1.807) is 0 Å². The van der Waals surface area contributed by atoms with Crippen LogP contribution < -0.4 is 14.8 Å². The summed E-state index contributed by atoms with van der Waals surface area (Å²) in [6.07, 6.45) is 1.67. The third-order valence-corrected chi connectivity index (χ3v) is 5.52. The van der Waals surface area contributed by atoms with E-state index in [0.29, 0.717) is 13.2 Å². The molecule has 5 nitrogen and oxygen atoms in total. The van der Waals surface area contributed by atoms with E-state index < -0.39 is 0 Å². The van der Waals surface area contributed by atoms with Gasteiger partial charge in [0.2, 0.25) is 5.91 Å². The van der Waals surface area contributed by atoms with Crippen molar-refractivity contribution in [2.45, 2.75) is 32.4 Å². The van der Waals surface area contributed by atoms with Crippen LogP contribution in [0.25, 0.3) is 0 Å². The molecule has 1 atom stereocenters. The molecule has 0 bridgehead atoms. The summed E-state index contributed by atoms with van der Waals surface area (Å²) < 4.78 is 11.6. The number of hydrogen-bond donors (Lipinski definition) is 1. The van der Waals surface area contributed by atoms with Crippen LogP contribution in [0.4, 0.5) is 0 Å². The Kier molecular flexibility index (Phi) is 5.81. The number of nitrogens with one attached hydrogen (secondary N) is 1. The fraction of sp³-hybridized carbons (Fsp3) is 0.435. The summed E-state index contributed by atoms with van der Waals surface area (Å²) in [6, 6.07) is 16.3. The number of aryl methyl sites for hydroxylation is 1. The highest BCUT2D eigenvalue weighted by atomic mass is 16.6. The minimum Gasteiger partial charge on any atom is -0.486 e. The largest absolute Gasteiger partial charge is 0.486 e. The third-order valence-electron chi connectivity index (χ3n) is 5.52. The number of carbonyl (C=O) groups is 1. The molecule has 1 N–H and O–H groups in total. The molecule has 4 rings (SSSR count). The van der Waals surface area contributed by atoms with Crippen LogP contribution in [-0.4, -0.2) is 43.2 Å². The van der Waals surface area contributed by atoms with E-state index in [4.69, 9.17) is 9.47 Å². The Morgan fingerprint density at radius 1 is 1.11 bits per heavy atom. The third kappa shape index (κ3) is 4.65. The molecular formula is C23H28N2O3. The Balaban J connectivity index is 1.20. The number of para-hydroxylation sites is 2. The van der Waals surface area contributed by atoms with Gasteiger partial charge < -0.3 is 14.8 Å². The molecule has 0 spiro atoms. The second-order valence-corrected chi connectivity index (χ2v) is 7.78. The summed E-state index contributed by atoms with van der Waals surface area (Å²) in [5.74, 6) is 1.74. The van der Waals surface area contributed by atoms with Gasteiger partial charge in [0.05, 0.1) is 6.54 Å². The van der Waals surface area contributed by atoms with Crippen LogP contribution >= 0.6 is 0 Å². The Labute approximate surface area is 166 Å². The van der Waals surface area contributed by atoms with Crippen LogP contribution in [-0.2, 0) is 11.3 Å². The number of nitrogens with zero attached hydrogens (tertiary/aromatic N) is 1. The van der Waals surface area contributed by atoms with E-state index in [9.17, 15) is 4.79 Å². The van der Waals surface area contributed by atoms with E-state index in [2.05, 4.69) is 41.4 Å². The molecule has 2 aromatic rings. The predicted molar refractivity (Wildman–Crippen MR) is 109 cm³/mol. The molecule has 0 saturated carbocycles. The average Bonchev–Trinajstić information content (AvgIpc) is 2.72. The Morgan fingerprint density at radius 3 is 2.68 bits per heavy atom. The number of amides is 1. The average molecular weight is 380 g/mol. The lowest BCUT2D eigenvalue weighted by Gasteiger charge is -2.32. The van der Waals surface area contributed by atoms with Crippen LogP contribution in [0.15, 0.2) is 48.5 Å². The van der Waals surface area contributed by atoms with Gasteiger partial charge in [0.25, 0.3) is 0 Å². The number of fused-ring (bicyclic) bond motifs is 1. The second kappa shape index (κ2) is 8.65. The van der Waals surface area contributed by atoms with Gasteiger partial charge in [-0.2, -0.15) is 0 Å². The van der Waals surface area contributed by atoms with Crippen LogP contribution in [0.5, 0.6) is 11.5 Å². The molecular weight excluding hydrogens is 352 g/mol. The molecule has 1 amide bonds. The van der Waals surface area contributed by atoms with Gasteiger partial charge in [-0.1, -0.05) is 42.0 Å². The van der Waals surface area contributed by atoms with Crippen molar-refractivity contribution in [3.05, 3.63) is 59.7 Å². The van der Waals surface area contributed by atoms with Gasteiger partial charge in [0.15, 0.2) is 11.5 Å². The summed E-state index contributed by atoms with van der Waals surface area (Å²) in [5.41, 5.74) is 2.64. The summed E-state index contributed by atoms with van der Waals surface area (Å²) >= 11 is 0. The van der Waals surface area contributed by atoms with E-state index in [0.717, 1.165) is 44.0 Å². The van der Waals surface area contributed by atoms with Crippen molar-refractivity contribution in [3.63, 3.8) is 0 Å². The van der Waals surface area contributed by atoms with E-state index >= 15 is 0 Å². The van der Waals surface area contributed by atoms with Gasteiger partial charge in [-0.05, 0) is 50.6 Å². The van der Waals surface area contributed by atoms with Crippen molar-refractivity contribution < 1.29 is 14.3 Å². The smallest absolute Gasteiger partial charge is 0.223 e. The maximum atomic E-state index is 12.6. The summed E-state index contributed by atoms with van der Waals surface area (Å²) in [6.45, 7) is 5.95. The van der Waals surface area contributed by atoms with Crippen molar-refractivity contribution in [1.29, 1.82) is 0 Å². The fourth-order valence-corrected chi connectivity index (χ4v) is 3.94. The summed E-state index contributed by atoms with van der Waals surface area (Å²) in [7, 11) is 0. The summed E-state index contributed by atoms with van der Waals surface area (Å²) in [4.78, 5) is 15.0. The van der Waals surface area contributed by atoms with Crippen LogP contribution in [0.2, 0.25) is 0 Å². The number of benzene rings is 2. The maximum Gasteiger partial charge on any atom is 0.223 e. The molecule has 0 radical (unpaired) electrons. The molecule has 2 heterocycles. The number of ether oxygens (including phenoxy) is 2.